The Morgan fingerprint density at radius 2 is 2.12 bits per heavy atom. The van der Waals surface area contributed by atoms with Gasteiger partial charge in [0.1, 0.15) is 10.5 Å². The van der Waals surface area contributed by atoms with Crippen LogP contribution in [0.15, 0.2) is 35.8 Å². The molecule has 2 aromatic rings. The highest BCUT2D eigenvalue weighted by Gasteiger charge is 1.97. The molecule has 5 heteroatoms. The first kappa shape index (κ1) is 12.3. The zero-order valence-electron chi connectivity index (χ0n) is 8.87. The molecule has 0 saturated heterocycles. The van der Waals surface area contributed by atoms with Crippen molar-refractivity contribution in [1.82, 2.24) is 10.2 Å². The molecule has 0 fully saturated rings. The highest BCUT2D eigenvalue weighted by Crippen LogP contribution is 2.18. The summed E-state index contributed by atoms with van der Waals surface area (Å²) in [6, 6.07) is 10.0. The third-order valence-corrected chi connectivity index (χ3v) is 2.36. The van der Waals surface area contributed by atoms with Gasteiger partial charge in [0.25, 0.3) is 6.47 Å². The van der Waals surface area contributed by atoms with Crippen LogP contribution in [0.25, 0.3) is 10.6 Å². The van der Waals surface area contributed by atoms with Crippen LogP contribution in [0.4, 0.5) is 0 Å². The Balaban J connectivity index is 0.000000221. The lowest BCUT2D eigenvalue weighted by Gasteiger charge is -1.90. The molecule has 0 spiro atoms. The molecule has 0 aliphatic carbocycles. The molecule has 0 aliphatic rings. The summed E-state index contributed by atoms with van der Waals surface area (Å²) in [5.41, 5.74) is 2.87. The summed E-state index contributed by atoms with van der Waals surface area (Å²) in [5, 5.41) is 8.70. The molecular formula is C11H12N2O2S. The molecule has 16 heavy (non-hydrogen) atoms. The van der Waals surface area contributed by atoms with Crippen molar-refractivity contribution in [3.63, 3.8) is 0 Å². The van der Waals surface area contributed by atoms with E-state index in [1.54, 1.807) is 23.8 Å². The molecule has 1 aromatic heterocycles. The van der Waals surface area contributed by atoms with Crippen LogP contribution in [0.3, 0.4) is 0 Å². The number of hydrogen-bond acceptors (Lipinski definition) is 5. The minimum absolute atomic E-state index is 0.431. The minimum Gasteiger partial charge on any atom is -0.468 e. The van der Waals surface area contributed by atoms with E-state index >= 15 is 0 Å². The van der Waals surface area contributed by atoms with Crippen LogP contribution in [0, 0.1) is 0 Å². The molecule has 0 radical (unpaired) electrons. The van der Waals surface area contributed by atoms with Crippen molar-refractivity contribution in [2.75, 3.05) is 6.61 Å². The summed E-state index contributed by atoms with van der Waals surface area (Å²) < 4.78 is 4.15. The minimum atomic E-state index is 0.431. The summed E-state index contributed by atoms with van der Waals surface area (Å²) in [6.45, 7) is 2.66. The normalized spacial score (nSPS) is 8.81. The van der Waals surface area contributed by atoms with Gasteiger partial charge < -0.3 is 4.74 Å². The molecule has 0 unspecified atom stereocenters. The smallest absolute Gasteiger partial charge is 0.293 e. The lowest BCUT2D eigenvalue weighted by molar-refractivity contribution is -0.128. The number of carbonyl (C=O) groups is 1. The molecule has 0 aliphatic heterocycles. The average molecular weight is 236 g/mol. The number of carbonyl (C=O) groups excluding carboxylic acids is 1. The van der Waals surface area contributed by atoms with Gasteiger partial charge in [-0.15, -0.1) is 10.2 Å². The fraction of sp³-hybridized carbons (Fsp3) is 0.182. The van der Waals surface area contributed by atoms with E-state index in [1.165, 1.54) is 0 Å². The summed E-state index contributed by atoms with van der Waals surface area (Å²) in [6.07, 6.45) is 0. The molecule has 0 amide bonds. The fourth-order valence-electron chi connectivity index (χ4n) is 0.948. The van der Waals surface area contributed by atoms with Gasteiger partial charge in [-0.2, -0.15) is 0 Å². The van der Waals surface area contributed by atoms with Gasteiger partial charge >= 0.3 is 0 Å². The van der Waals surface area contributed by atoms with Gasteiger partial charge in [0, 0.05) is 5.56 Å². The van der Waals surface area contributed by atoms with Crippen molar-refractivity contribution in [2.45, 2.75) is 6.92 Å². The predicted octanol–water partition coefficient (Wildman–Crippen LogP) is 2.38. The third-order valence-electron chi connectivity index (χ3n) is 1.62. The Morgan fingerprint density at radius 3 is 2.56 bits per heavy atom. The highest BCUT2D eigenvalue weighted by molar-refractivity contribution is 7.12. The van der Waals surface area contributed by atoms with E-state index in [9.17, 15) is 4.79 Å². The topological polar surface area (TPSA) is 52.1 Å². The van der Waals surface area contributed by atoms with Gasteiger partial charge in [-0.3, -0.25) is 4.79 Å². The SMILES string of the molecule is CCOC=O.c1ccc(-c2nncs2)cc1. The highest BCUT2D eigenvalue weighted by atomic mass is 32.1. The third kappa shape index (κ3) is 4.18. The average Bonchev–Trinajstić information content (AvgIpc) is 2.86. The van der Waals surface area contributed by atoms with E-state index in [2.05, 4.69) is 14.9 Å². The summed E-state index contributed by atoms with van der Waals surface area (Å²) in [7, 11) is 0. The molecule has 0 N–H and O–H groups in total. The van der Waals surface area contributed by atoms with Crippen LogP contribution in [0.1, 0.15) is 6.92 Å². The maximum absolute atomic E-state index is 9.18. The maximum atomic E-state index is 9.18. The largest absolute Gasteiger partial charge is 0.468 e. The monoisotopic (exact) mass is 236 g/mol. The van der Waals surface area contributed by atoms with Crippen molar-refractivity contribution in [3.8, 4) is 10.6 Å². The summed E-state index contributed by atoms with van der Waals surface area (Å²) in [5.74, 6) is 0. The number of aromatic nitrogens is 2. The standard InChI is InChI=1S/C8H6N2S.C3H6O2/c1-2-4-7(5-3-1)8-10-9-6-11-8;1-2-5-3-4/h1-6H;3H,2H2,1H3. The van der Waals surface area contributed by atoms with Crippen LogP contribution < -0.4 is 0 Å². The van der Waals surface area contributed by atoms with Crippen LogP contribution in [-0.4, -0.2) is 23.3 Å². The molecule has 4 nitrogen and oxygen atoms in total. The van der Waals surface area contributed by atoms with E-state index in [0.717, 1.165) is 10.6 Å². The van der Waals surface area contributed by atoms with E-state index in [4.69, 9.17) is 0 Å². The Bertz CT molecular complexity index is 390. The molecular weight excluding hydrogens is 224 g/mol. The Kier molecular flexibility index (Phi) is 5.80. The van der Waals surface area contributed by atoms with E-state index in [1.807, 2.05) is 30.3 Å². The number of benzene rings is 1. The van der Waals surface area contributed by atoms with E-state index in [-0.39, 0.29) is 0 Å². The number of hydrogen-bond donors (Lipinski definition) is 0. The van der Waals surface area contributed by atoms with Crippen LogP contribution >= 0.6 is 11.3 Å². The second-order valence-corrected chi connectivity index (χ2v) is 3.49. The lowest BCUT2D eigenvalue weighted by Crippen LogP contribution is -1.80. The van der Waals surface area contributed by atoms with Gasteiger partial charge in [-0.1, -0.05) is 41.7 Å². The molecule has 84 valence electrons. The van der Waals surface area contributed by atoms with Gasteiger partial charge in [-0.05, 0) is 6.92 Å². The second kappa shape index (κ2) is 7.53. The van der Waals surface area contributed by atoms with Gasteiger partial charge in [0.15, 0.2) is 0 Å². The lowest BCUT2D eigenvalue weighted by atomic mass is 10.2. The predicted molar refractivity (Wildman–Crippen MR) is 63.0 cm³/mol. The zero-order valence-corrected chi connectivity index (χ0v) is 9.68. The second-order valence-electron chi connectivity index (χ2n) is 2.66. The Hall–Kier alpha value is -1.75. The van der Waals surface area contributed by atoms with Crippen molar-refractivity contribution < 1.29 is 9.53 Å². The molecule has 0 bridgehead atoms. The Morgan fingerprint density at radius 1 is 1.38 bits per heavy atom. The quantitative estimate of drug-likeness (QED) is 0.768. The molecule has 1 aromatic carbocycles. The molecule has 1 heterocycles. The first-order valence-electron chi connectivity index (χ1n) is 4.75. The molecule has 0 saturated carbocycles. The van der Waals surface area contributed by atoms with Gasteiger partial charge in [0.05, 0.1) is 6.61 Å². The van der Waals surface area contributed by atoms with Crippen LogP contribution in [-0.2, 0) is 9.53 Å². The van der Waals surface area contributed by atoms with Gasteiger partial charge in [0.2, 0.25) is 0 Å². The number of rotatable bonds is 3. The Labute approximate surface area is 97.9 Å². The summed E-state index contributed by atoms with van der Waals surface area (Å²) in [4.78, 5) is 9.18. The van der Waals surface area contributed by atoms with Crippen molar-refractivity contribution in [2.24, 2.45) is 0 Å². The van der Waals surface area contributed by atoms with Crippen molar-refractivity contribution >= 4 is 17.8 Å². The first-order chi connectivity index (χ1) is 7.88. The summed E-state index contributed by atoms with van der Waals surface area (Å²) >= 11 is 1.55. The van der Waals surface area contributed by atoms with Crippen LogP contribution in [0.2, 0.25) is 0 Å². The fourth-order valence-corrected chi connectivity index (χ4v) is 1.51. The zero-order chi connectivity index (χ0) is 11.6. The number of nitrogens with zero attached hydrogens (tertiary/aromatic N) is 2. The van der Waals surface area contributed by atoms with E-state index in [0.29, 0.717) is 13.1 Å². The van der Waals surface area contributed by atoms with Crippen molar-refractivity contribution in [1.29, 1.82) is 0 Å². The van der Waals surface area contributed by atoms with Crippen molar-refractivity contribution in [3.05, 3.63) is 35.8 Å². The molecule has 2 rings (SSSR count). The van der Waals surface area contributed by atoms with Crippen LogP contribution in [0.5, 0.6) is 0 Å². The maximum Gasteiger partial charge on any atom is 0.293 e. The number of ether oxygens (including phenoxy) is 1. The van der Waals surface area contributed by atoms with Gasteiger partial charge in [-0.25, -0.2) is 0 Å². The van der Waals surface area contributed by atoms with E-state index < -0.39 is 0 Å². The first-order valence-corrected chi connectivity index (χ1v) is 5.63. The molecule has 0 atom stereocenters.